The molecule has 0 aliphatic heterocycles. The lowest BCUT2D eigenvalue weighted by atomic mass is 10.1. The molecular weight excluding hydrogens is 358 g/mol. The summed E-state index contributed by atoms with van der Waals surface area (Å²) < 4.78 is 5.47. The Hall–Kier alpha value is -1.93. The van der Waals surface area contributed by atoms with E-state index in [0.29, 0.717) is 22.9 Å². The van der Waals surface area contributed by atoms with Crippen molar-refractivity contribution in [1.82, 2.24) is 10.2 Å². The first-order chi connectivity index (χ1) is 12.1. The number of nitrogens with zero attached hydrogens (tertiary/aromatic N) is 2. The van der Waals surface area contributed by atoms with Crippen LogP contribution >= 0.6 is 23.1 Å². The van der Waals surface area contributed by atoms with Crippen LogP contribution in [0.25, 0.3) is 0 Å². The Balaban J connectivity index is 1.81. The van der Waals surface area contributed by atoms with Crippen LogP contribution < -0.4 is 5.32 Å². The molecule has 1 aromatic heterocycles. The molecule has 2 rings (SSSR count). The lowest BCUT2D eigenvalue weighted by Gasteiger charge is -2.01. The quantitative estimate of drug-likeness (QED) is 0.305. The first-order valence-electron chi connectivity index (χ1n) is 8.05. The molecule has 1 heterocycles. The highest BCUT2D eigenvalue weighted by atomic mass is 32.2. The number of methoxy groups -OCH3 is 1. The van der Waals surface area contributed by atoms with E-state index in [1.807, 2.05) is 12.1 Å². The van der Waals surface area contributed by atoms with Crippen molar-refractivity contribution in [3.63, 3.8) is 0 Å². The monoisotopic (exact) mass is 379 g/mol. The molecule has 8 heteroatoms. The zero-order valence-electron chi connectivity index (χ0n) is 14.3. The number of unbranched alkanes of at least 4 members (excludes halogenated alkanes) is 2. The number of benzene rings is 1. The molecule has 134 valence electrons. The average molecular weight is 380 g/mol. The van der Waals surface area contributed by atoms with E-state index >= 15 is 0 Å². The minimum atomic E-state index is -0.345. The smallest absolute Gasteiger partial charge is 0.337 e. The molecule has 25 heavy (non-hydrogen) atoms. The minimum absolute atomic E-state index is 0.0143. The molecule has 1 amide bonds. The van der Waals surface area contributed by atoms with Crippen LogP contribution in [0.2, 0.25) is 0 Å². The summed E-state index contributed by atoms with van der Waals surface area (Å²) in [6.45, 7) is 2.11. The summed E-state index contributed by atoms with van der Waals surface area (Å²) in [6, 6.07) is 7.25. The Kier molecular flexibility index (Phi) is 7.87. The van der Waals surface area contributed by atoms with Crippen molar-refractivity contribution in [1.29, 1.82) is 0 Å². The van der Waals surface area contributed by atoms with Crippen LogP contribution in [0, 0.1) is 0 Å². The highest BCUT2D eigenvalue weighted by Gasteiger charge is 2.09. The molecule has 0 aliphatic carbocycles. The van der Waals surface area contributed by atoms with Crippen molar-refractivity contribution in [3.8, 4) is 0 Å². The van der Waals surface area contributed by atoms with Gasteiger partial charge in [0.2, 0.25) is 11.0 Å². The summed E-state index contributed by atoms with van der Waals surface area (Å²) >= 11 is 2.91. The highest BCUT2D eigenvalue weighted by Crippen LogP contribution is 2.28. The van der Waals surface area contributed by atoms with Crippen LogP contribution in [0.4, 0.5) is 5.13 Å². The normalized spacial score (nSPS) is 10.5. The summed E-state index contributed by atoms with van der Waals surface area (Å²) in [5.41, 5.74) is 1.60. The van der Waals surface area contributed by atoms with Gasteiger partial charge in [0.1, 0.15) is 0 Å². The number of esters is 1. The second-order valence-corrected chi connectivity index (χ2v) is 7.56. The average Bonchev–Trinajstić information content (AvgIpc) is 3.07. The maximum Gasteiger partial charge on any atom is 0.337 e. The maximum absolute atomic E-state index is 11.8. The Morgan fingerprint density at radius 1 is 1.20 bits per heavy atom. The van der Waals surface area contributed by atoms with E-state index in [4.69, 9.17) is 0 Å². The van der Waals surface area contributed by atoms with Gasteiger partial charge in [-0.1, -0.05) is 55.0 Å². The van der Waals surface area contributed by atoms with Gasteiger partial charge in [0.15, 0.2) is 4.34 Å². The van der Waals surface area contributed by atoms with Crippen molar-refractivity contribution in [2.24, 2.45) is 0 Å². The molecule has 0 saturated carbocycles. The molecule has 0 aliphatic rings. The van der Waals surface area contributed by atoms with Crippen molar-refractivity contribution in [3.05, 3.63) is 35.4 Å². The van der Waals surface area contributed by atoms with Crippen LogP contribution in [-0.2, 0) is 15.3 Å². The summed E-state index contributed by atoms with van der Waals surface area (Å²) in [5.74, 6) is 0.350. The van der Waals surface area contributed by atoms with Crippen molar-refractivity contribution >= 4 is 40.1 Å². The lowest BCUT2D eigenvalue weighted by molar-refractivity contribution is -0.116. The van der Waals surface area contributed by atoms with Gasteiger partial charge in [0.25, 0.3) is 0 Å². The number of carbonyl (C=O) groups is 2. The summed E-state index contributed by atoms with van der Waals surface area (Å²) in [4.78, 5) is 23.2. The van der Waals surface area contributed by atoms with Crippen LogP contribution in [-0.4, -0.2) is 29.2 Å². The Morgan fingerprint density at radius 2 is 1.96 bits per heavy atom. The predicted molar refractivity (Wildman–Crippen MR) is 100 cm³/mol. The molecule has 0 unspecified atom stereocenters. The van der Waals surface area contributed by atoms with Crippen LogP contribution in [0.15, 0.2) is 28.6 Å². The van der Waals surface area contributed by atoms with Gasteiger partial charge in [-0.15, -0.1) is 10.2 Å². The van der Waals surface area contributed by atoms with Crippen molar-refractivity contribution < 1.29 is 14.3 Å². The molecule has 2 aromatic rings. The zero-order valence-corrected chi connectivity index (χ0v) is 15.9. The molecule has 0 bridgehead atoms. The third kappa shape index (κ3) is 6.47. The van der Waals surface area contributed by atoms with Crippen molar-refractivity contribution in [2.75, 3.05) is 12.4 Å². The van der Waals surface area contributed by atoms with Crippen LogP contribution in [0.5, 0.6) is 0 Å². The molecule has 1 N–H and O–H groups in total. The second kappa shape index (κ2) is 10.1. The van der Waals surface area contributed by atoms with Gasteiger partial charge in [-0.2, -0.15) is 0 Å². The number of nitrogens with one attached hydrogen (secondary N) is 1. The van der Waals surface area contributed by atoms with Gasteiger partial charge >= 0.3 is 5.97 Å². The van der Waals surface area contributed by atoms with Gasteiger partial charge in [-0.3, -0.25) is 4.79 Å². The molecule has 0 spiro atoms. The van der Waals surface area contributed by atoms with Gasteiger partial charge in [0, 0.05) is 12.2 Å². The standard InChI is InChI=1S/C17H21N3O3S2/c1-3-4-5-6-14(21)18-16-19-20-17(25-16)24-11-12-7-9-13(10-8-12)15(22)23-2/h7-10H,3-6,11H2,1-2H3,(H,18,19,21). The Morgan fingerprint density at radius 3 is 2.64 bits per heavy atom. The molecular formula is C17H21N3O3S2. The molecule has 0 radical (unpaired) electrons. The number of thioether (sulfide) groups is 1. The van der Waals surface area contributed by atoms with E-state index in [9.17, 15) is 9.59 Å². The fourth-order valence-electron chi connectivity index (χ4n) is 2.04. The number of rotatable bonds is 9. The van der Waals surface area contributed by atoms with E-state index in [1.165, 1.54) is 18.4 Å². The zero-order chi connectivity index (χ0) is 18.1. The third-order valence-corrected chi connectivity index (χ3v) is 5.44. The van der Waals surface area contributed by atoms with E-state index < -0.39 is 0 Å². The SMILES string of the molecule is CCCCCC(=O)Nc1nnc(SCc2ccc(C(=O)OC)cc2)s1. The first-order valence-corrected chi connectivity index (χ1v) is 9.86. The van der Waals surface area contributed by atoms with E-state index in [0.717, 1.165) is 29.2 Å². The lowest BCUT2D eigenvalue weighted by Crippen LogP contribution is -2.10. The second-order valence-electron chi connectivity index (χ2n) is 5.36. The molecule has 6 nitrogen and oxygen atoms in total. The number of ether oxygens (including phenoxy) is 1. The number of carbonyl (C=O) groups excluding carboxylic acids is 2. The molecule has 1 aromatic carbocycles. The number of hydrogen-bond donors (Lipinski definition) is 1. The largest absolute Gasteiger partial charge is 0.465 e. The topological polar surface area (TPSA) is 81.2 Å². The Bertz CT molecular complexity index is 701. The first kappa shape index (κ1) is 19.4. The summed E-state index contributed by atoms with van der Waals surface area (Å²) in [5, 5.41) is 11.4. The highest BCUT2D eigenvalue weighted by molar-refractivity contribution is 8.00. The molecule has 0 atom stereocenters. The van der Waals surface area contributed by atoms with Crippen LogP contribution in [0.1, 0.15) is 48.5 Å². The third-order valence-electron chi connectivity index (χ3n) is 3.40. The van der Waals surface area contributed by atoms with E-state index in [-0.39, 0.29) is 11.9 Å². The predicted octanol–water partition coefficient (Wildman–Crippen LogP) is 4.14. The summed E-state index contributed by atoms with van der Waals surface area (Å²) in [7, 11) is 1.36. The summed E-state index contributed by atoms with van der Waals surface area (Å²) in [6.07, 6.45) is 3.56. The van der Waals surface area contributed by atoms with Gasteiger partial charge in [-0.05, 0) is 24.1 Å². The van der Waals surface area contributed by atoms with E-state index in [1.54, 1.807) is 23.9 Å². The molecule has 0 fully saturated rings. The number of amides is 1. The number of hydrogen-bond acceptors (Lipinski definition) is 7. The minimum Gasteiger partial charge on any atom is -0.465 e. The van der Waals surface area contributed by atoms with E-state index in [2.05, 4.69) is 27.2 Å². The van der Waals surface area contributed by atoms with Crippen molar-refractivity contribution in [2.45, 2.75) is 42.7 Å². The maximum atomic E-state index is 11.8. The number of aromatic nitrogens is 2. The Labute approximate surface area is 155 Å². The molecule has 0 saturated heterocycles. The fraction of sp³-hybridized carbons (Fsp3) is 0.412. The van der Waals surface area contributed by atoms with Gasteiger partial charge in [0.05, 0.1) is 12.7 Å². The van der Waals surface area contributed by atoms with Gasteiger partial charge < -0.3 is 10.1 Å². The van der Waals surface area contributed by atoms with Gasteiger partial charge in [-0.25, -0.2) is 4.79 Å². The van der Waals surface area contributed by atoms with Crippen LogP contribution in [0.3, 0.4) is 0 Å². The number of anilines is 1. The fourth-order valence-corrected chi connectivity index (χ4v) is 3.76.